The highest BCUT2D eigenvalue weighted by atomic mass is 16.3. The van der Waals surface area contributed by atoms with E-state index in [2.05, 4.69) is 10.4 Å². The first-order valence-electron chi connectivity index (χ1n) is 8.76. The minimum Gasteiger partial charge on any atom is -0.508 e. The second-order valence-electron chi connectivity index (χ2n) is 6.31. The van der Waals surface area contributed by atoms with Crippen molar-refractivity contribution in [3.8, 4) is 5.75 Å². The lowest BCUT2D eigenvalue weighted by Crippen LogP contribution is -2.25. The second-order valence-corrected chi connectivity index (χ2v) is 6.31. The highest BCUT2D eigenvalue weighted by molar-refractivity contribution is 5.95. The van der Waals surface area contributed by atoms with Crippen LogP contribution in [-0.2, 0) is 13.0 Å². The lowest BCUT2D eigenvalue weighted by atomic mass is 10.1. The van der Waals surface area contributed by atoms with Crippen LogP contribution in [0.3, 0.4) is 0 Å². The molecule has 5 nitrogen and oxygen atoms in total. The second kappa shape index (κ2) is 8.34. The Bertz CT molecular complexity index is 855. The maximum Gasteiger partial charge on any atom is 0.254 e. The van der Waals surface area contributed by atoms with E-state index in [9.17, 15) is 9.90 Å². The van der Waals surface area contributed by atoms with Crippen molar-refractivity contribution in [3.05, 3.63) is 83.2 Å². The molecule has 3 aromatic rings. The normalized spacial score (nSPS) is 10.7. The predicted octanol–water partition coefficient (Wildman–Crippen LogP) is 3.31. The predicted molar refractivity (Wildman–Crippen MR) is 101 cm³/mol. The first-order valence-corrected chi connectivity index (χ1v) is 8.76. The van der Waals surface area contributed by atoms with E-state index in [0.717, 1.165) is 29.7 Å². The van der Waals surface area contributed by atoms with Crippen molar-refractivity contribution in [2.75, 3.05) is 6.54 Å². The number of phenolic OH excluding ortho intramolecular Hbond substituents is 1. The third-order valence-corrected chi connectivity index (χ3v) is 4.39. The molecule has 26 heavy (non-hydrogen) atoms. The fraction of sp³-hybridized carbons (Fsp3) is 0.238. The molecule has 2 aromatic carbocycles. The van der Waals surface area contributed by atoms with Gasteiger partial charge in [0.05, 0.1) is 18.3 Å². The van der Waals surface area contributed by atoms with Crippen molar-refractivity contribution in [2.45, 2.75) is 26.3 Å². The van der Waals surface area contributed by atoms with Crippen LogP contribution in [0.5, 0.6) is 5.75 Å². The molecular weight excluding hydrogens is 326 g/mol. The lowest BCUT2D eigenvalue weighted by Gasteiger charge is -2.07. The zero-order chi connectivity index (χ0) is 18.4. The quantitative estimate of drug-likeness (QED) is 0.643. The summed E-state index contributed by atoms with van der Waals surface area (Å²) >= 11 is 0. The van der Waals surface area contributed by atoms with Gasteiger partial charge in [0.25, 0.3) is 5.91 Å². The van der Waals surface area contributed by atoms with E-state index in [1.54, 1.807) is 18.3 Å². The Hall–Kier alpha value is -3.08. The molecule has 0 saturated carbocycles. The van der Waals surface area contributed by atoms with Crippen LogP contribution in [0.15, 0.2) is 60.8 Å². The molecule has 1 amide bonds. The molecular formula is C21H23N3O2. The summed E-state index contributed by atoms with van der Waals surface area (Å²) in [4.78, 5) is 12.4. The summed E-state index contributed by atoms with van der Waals surface area (Å²) in [5.74, 6) is 0.178. The standard InChI is InChI=1S/C21H23N3O2/c1-16-20(14-23-24(16)15-18-6-3-2-4-7-18)21(26)22-13-5-8-17-9-11-19(25)12-10-17/h2-4,6-7,9-12,14,25H,5,8,13,15H2,1H3,(H,22,26). The Morgan fingerprint density at radius 3 is 2.54 bits per heavy atom. The van der Waals surface area contributed by atoms with Crippen molar-refractivity contribution < 1.29 is 9.90 Å². The van der Waals surface area contributed by atoms with E-state index >= 15 is 0 Å². The number of benzene rings is 2. The van der Waals surface area contributed by atoms with Gasteiger partial charge in [-0.15, -0.1) is 0 Å². The van der Waals surface area contributed by atoms with Crippen LogP contribution in [-0.4, -0.2) is 27.3 Å². The van der Waals surface area contributed by atoms with Gasteiger partial charge in [0.1, 0.15) is 5.75 Å². The Kier molecular flexibility index (Phi) is 5.69. The number of carbonyl (C=O) groups is 1. The zero-order valence-electron chi connectivity index (χ0n) is 14.9. The largest absolute Gasteiger partial charge is 0.508 e. The first kappa shape index (κ1) is 17.7. The molecule has 5 heteroatoms. The summed E-state index contributed by atoms with van der Waals surface area (Å²) in [7, 11) is 0. The molecule has 1 aromatic heterocycles. The summed E-state index contributed by atoms with van der Waals surface area (Å²) in [5, 5.41) is 16.6. The molecule has 0 aliphatic rings. The van der Waals surface area contributed by atoms with Gasteiger partial charge in [0.15, 0.2) is 0 Å². The molecule has 0 atom stereocenters. The van der Waals surface area contributed by atoms with Crippen LogP contribution in [0.1, 0.15) is 33.6 Å². The lowest BCUT2D eigenvalue weighted by molar-refractivity contribution is 0.0952. The number of rotatable bonds is 7. The van der Waals surface area contributed by atoms with Gasteiger partial charge in [-0.25, -0.2) is 0 Å². The number of aromatic hydroxyl groups is 1. The number of amides is 1. The van der Waals surface area contributed by atoms with Crippen molar-refractivity contribution in [2.24, 2.45) is 0 Å². The van der Waals surface area contributed by atoms with E-state index in [4.69, 9.17) is 0 Å². The summed E-state index contributed by atoms with van der Waals surface area (Å²) in [6.07, 6.45) is 3.33. The number of hydrogen-bond acceptors (Lipinski definition) is 3. The maximum atomic E-state index is 12.4. The Labute approximate surface area is 153 Å². The average Bonchev–Trinajstić information content (AvgIpc) is 3.01. The molecule has 0 radical (unpaired) electrons. The number of carbonyl (C=O) groups excluding carboxylic acids is 1. The van der Waals surface area contributed by atoms with Gasteiger partial charge in [-0.1, -0.05) is 42.5 Å². The Balaban J connectivity index is 1.51. The molecule has 0 saturated heterocycles. The van der Waals surface area contributed by atoms with Crippen LogP contribution >= 0.6 is 0 Å². The van der Waals surface area contributed by atoms with Gasteiger partial charge in [0, 0.05) is 12.2 Å². The number of nitrogens with one attached hydrogen (secondary N) is 1. The van der Waals surface area contributed by atoms with Gasteiger partial charge in [-0.05, 0) is 43.0 Å². The summed E-state index contributed by atoms with van der Waals surface area (Å²) in [6, 6.07) is 17.2. The minimum absolute atomic E-state index is 0.0903. The van der Waals surface area contributed by atoms with E-state index < -0.39 is 0 Å². The van der Waals surface area contributed by atoms with Crippen LogP contribution in [0.4, 0.5) is 0 Å². The maximum absolute atomic E-state index is 12.4. The van der Waals surface area contributed by atoms with Gasteiger partial charge in [-0.3, -0.25) is 9.48 Å². The van der Waals surface area contributed by atoms with E-state index in [-0.39, 0.29) is 11.7 Å². The Morgan fingerprint density at radius 2 is 1.81 bits per heavy atom. The molecule has 2 N–H and O–H groups in total. The van der Waals surface area contributed by atoms with E-state index in [1.807, 2.05) is 54.1 Å². The number of nitrogens with zero attached hydrogens (tertiary/aromatic N) is 2. The van der Waals surface area contributed by atoms with E-state index in [1.165, 1.54) is 0 Å². The van der Waals surface area contributed by atoms with Crippen LogP contribution < -0.4 is 5.32 Å². The number of hydrogen-bond donors (Lipinski definition) is 2. The van der Waals surface area contributed by atoms with Crippen LogP contribution in [0.2, 0.25) is 0 Å². The van der Waals surface area contributed by atoms with Crippen molar-refractivity contribution in [3.63, 3.8) is 0 Å². The molecule has 0 aliphatic carbocycles. The number of phenols is 1. The van der Waals surface area contributed by atoms with Gasteiger partial charge < -0.3 is 10.4 Å². The molecule has 0 unspecified atom stereocenters. The number of aryl methyl sites for hydroxylation is 1. The topological polar surface area (TPSA) is 67.2 Å². The zero-order valence-corrected chi connectivity index (χ0v) is 14.9. The number of aromatic nitrogens is 2. The smallest absolute Gasteiger partial charge is 0.254 e. The summed E-state index contributed by atoms with van der Waals surface area (Å²) in [5.41, 5.74) is 3.78. The van der Waals surface area contributed by atoms with E-state index in [0.29, 0.717) is 18.7 Å². The summed E-state index contributed by atoms with van der Waals surface area (Å²) < 4.78 is 1.85. The van der Waals surface area contributed by atoms with Crippen LogP contribution in [0.25, 0.3) is 0 Å². The Morgan fingerprint density at radius 1 is 1.08 bits per heavy atom. The third-order valence-electron chi connectivity index (χ3n) is 4.39. The fourth-order valence-corrected chi connectivity index (χ4v) is 2.84. The van der Waals surface area contributed by atoms with Gasteiger partial charge >= 0.3 is 0 Å². The molecule has 0 bridgehead atoms. The van der Waals surface area contributed by atoms with Crippen LogP contribution in [0, 0.1) is 6.92 Å². The molecule has 0 fully saturated rings. The molecule has 0 spiro atoms. The molecule has 0 aliphatic heterocycles. The SMILES string of the molecule is Cc1c(C(=O)NCCCc2ccc(O)cc2)cnn1Cc1ccccc1. The average molecular weight is 349 g/mol. The van der Waals surface area contributed by atoms with Gasteiger partial charge in [-0.2, -0.15) is 5.10 Å². The third kappa shape index (κ3) is 4.51. The fourth-order valence-electron chi connectivity index (χ4n) is 2.84. The van der Waals surface area contributed by atoms with Crippen molar-refractivity contribution >= 4 is 5.91 Å². The minimum atomic E-state index is -0.0903. The molecule has 1 heterocycles. The molecule has 3 rings (SSSR count). The molecule has 134 valence electrons. The van der Waals surface area contributed by atoms with Crippen molar-refractivity contribution in [1.29, 1.82) is 0 Å². The highest BCUT2D eigenvalue weighted by Crippen LogP contribution is 2.12. The van der Waals surface area contributed by atoms with Crippen molar-refractivity contribution in [1.82, 2.24) is 15.1 Å². The van der Waals surface area contributed by atoms with Gasteiger partial charge in [0.2, 0.25) is 0 Å². The first-order chi connectivity index (χ1) is 12.6. The highest BCUT2D eigenvalue weighted by Gasteiger charge is 2.13. The summed E-state index contributed by atoms with van der Waals surface area (Å²) in [6.45, 7) is 3.17. The monoisotopic (exact) mass is 349 g/mol.